The first-order valence-electron chi connectivity index (χ1n) is 8.33. The summed E-state index contributed by atoms with van der Waals surface area (Å²) in [6.07, 6.45) is 1.78. The van der Waals surface area contributed by atoms with Gasteiger partial charge >= 0.3 is 17.1 Å². The molecule has 2 heterocycles. The minimum atomic E-state index is -1.26. The van der Waals surface area contributed by atoms with Gasteiger partial charge < -0.3 is 9.72 Å². The molecule has 1 saturated heterocycles. The molecule has 0 spiro atoms. The number of carbonyl (C=O) groups is 2. The van der Waals surface area contributed by atoms with Gasteiger partial charge in [0.2, 0.25) is 0 Å². The van der Waals surface area contributed by atoms with Crippen molar-refractivity contribution in [3.63, 3.8) is 0 Å². The van der Waals surface area contributed by atoms with Crippen LogP contribution in [0.5, 0.6) is 0 Å². The van der Waals surface area contributed by atoms with Gasteiger partial charge in [0.15, 0.2) is 11.4 Å². The molecule has 25 heavy (non-hydrogen) atoms. The van der Waals surface area contributed by atoms with Crippen LogP contribution in [0.2, 0.25) is 0 Å². The summed E-state index contributed by atoms with van der Waals surface area (Å²) in [5, 5.41) is 0. The molecule has 1 aliphatic heterocycles. The number of benzene rings is 1. The Morgan fingerprint density at radius 1 is 1.32 bits per heavy atom. The molecule has 1 fully saturated rings. The van der Waals surface area contributed by atoms with Crippen LogP contribution in [0, 0.1) is 5.92 Å². The van der Waals surface area contributed by atoms with Crippen LogP contribution in [0.4, 0.5) is 0 Å². The van der Waals surface area contributed by atoms with E-state index < -0.39 is 22.5 Å². The zero-order valence-electron chi connectivity index (χ0n) is 14.2. The number of ether oxygens (including phenoxy) is 1. The van der Waals surface area contributed by atoms with Crippen LogP contribution in [0.3, 0.4) is 0 Å². The number of para-hydroxylation sites is 2. The van der Waals surface area contributed by atoms with Gasteiger partial charge in [-0.05, 0) is 25.5 Å². The van der Waals surface area contributed by atoms with E-state index in [4.69, 9.17) is 4.74 Å². The number of carbonyl (C=O) groups excluding carboxylic acids is 2. The van der Waals surface area contributed by atoms with Crippen LogP contribution in [0.25, 0.3) is 11.0 Å². The Hall–Kier alpha value is -2.70. The summed E-state index contributed by atoms with van der Waals surface area (Å²) in [4.78, 5) is 51.3. The van der Waals surface area contributed by atoms with Crippen molar-refractivity contribution in [2.45, 2.75) is 45.3 Å². The first-order chi connectivity index (χ1) is 11.9. The van der Waals surface area contributed by atoms with Gasteiger partial charge in [-0.1, -0.05) is 25.5 Å². The van der Waals surface area contributed by atoms with Gasteiger partial charge in [-0.3, -0.25) is 23.7 Å². The van der Waals surface area contributed by atoms with Gasteiger partial charge in [-0.2, -0.15) is 0 Å². The van der Waals surface area contributed by atoms with Crippen molar-refractivity contribution in [1.29, 1.82) is 0 Å². The Bertz CT molecular complexity index is 958. The highest BCUT2D eigenvalue weighted by Gasteiger charge is 2.47. The zero-order chi connectivity index (χ0) is 18.2. The minimum Gasteiger partial charge on any atom is -0.451 e. The molecular formula is C18H20N2O5. The topological polar surface area (TPSA) is 98.2 Å². The zero-order valence-corrected chi connectivity index (χ0v) is 14.2. The van der Waals surface area contributed by atoms with Crippen LogP contribution in [-0.4, -0.2) is 26.9 Å². The average molecular weight is 344 g/mol. The molecular weight excluding hydrogens is 324 g/mol. The van der Waals surface area contributed by atoms with Crippen LogP contribution in [0.1, 0.15) is 33.1 Å². The van der Waals surface area contributed by atoms with Gasteiger partial charge in [-0.25, -0.2) is 0 Å². The molecule has 0 saturated carbocycles. The summed E-state index contributed by atoms with van der Waals surface area (Å²) in [7, 11) is 0. The predicted molar refractivity (Wildman–Crippen MR) is 91.3 cm³/mol. The number of cyclic esters (lactones) is 1. The number of hydrogen-bond acceptors (Lipinski definition) is 5. The molecule has 3 rings (SSSR count). The number of nitrogens with zero attached hydrogens (tertiary/aromatic N) is 1. The second-order valence-corrected chi connectivity index (χ2v) is 6.63. The number of hydrogen-bond donors (Lipinski definition) is 1. The molecule has 2 atom stereocenters. The van der Waals surface area contributed by atoms with E-state index in [2.05, 4.69) is 4.98 Å². The molecule has 2 aromatic rings. The number of ketones is 1. The molecule has 0 radical (unpaired) electrons. The van der Waals surface area contributed by atoms with Crippen molar-refractivity contribution in [2.75, 3.05) is 0 Å². The highest BCUT2D eigenvalue weighted by molar-refractivity contribution is 5.93. The molecule has 1 aliphatic rings. The van der Waals surface area contributed by atoms with Gasteiger partial charge in [0.05, 0.1) is 23.5 Å². The summed E-state index contributed by atoms with van der Waals surface area (Å²) in [6, 6.07) is 6.76. The number of aromatic nitrogens is 2. The molecule has 0 bridgehead atoms. The third-order valence-electron chi connectivity index (χ3n) is 4.71. The van der Waals surface area contributed by atoms with Crippen molar-refractivity contribution in [1.82, 2.24) is 9.55 Å². The molecule has 2 unspecified atom stereocenters. The fraction of sp³-hybridized carbons (Fsp3) is 0.444. The monoisotopic (exact) mass is 344 g/mol. The van der Waals surface area contributed by atoms with Crippen molar-refractivity contribution < 1.29 is 14.3 Å². The molecule has 7 heteroatoms. The fourth-order valence-electron chi connectivity index (χ4n) is 3.33. The fourth-order valence-corrected chi connectivity index (χ4v) is 3.33. The Morgan fingerprint density at radius 2 is 2.04 bits per heavy atom. The maximum atomic E-state index is 12.8. The Balaban J connectivity index is 1.96. The number of Topliss-reactive ketones (excluding diaryl/α,β-unsaturated/α-hetero) is 1. The summed E-state index contributed by atoms with van der Waals surface area (Å²) in [5.74, 6) is -1.07. The maximum Gasteiger partial charge on any atom is 0.317 e. The van der Waals surface area contributed by atoms with E-state index in [1.165, 1.54) is 0 Å². The van der Waals surface area contributed by atoms with Gasteiger partial charge in [0, 0.05) is 6.42 Å². The largest absolute Gasteiger partial charge is 0.451 e. The average Bonchev–Trinajstić information content (AvgIpc) is 2.87. The number of fused-ring (bicyclic) bond motifs is 1. The molecule has 0 aliphatic carbocycles. The molecule has 1 aromatic carbocycles. The van der Waals surface area contributed by atoms with E-state index in [-0.39, 0.29) is 18.4 Å². The van der Waals surface area contributed by atoms with Crippen molar-refractivity contribution in [2.24, 2.45) is 5.92 Å². The highest BCUT2D eigenvalue weighted by Crippen LogP contribution is 2.34. The molecule has 0 amide bonds. The third-order valence-corrected chi connectivity index (χ3v) is 4.71. The van der Waals surface area contributed by atoms with E-state index in [0.717, 1.165) is 11.0 Å². The summed E-state index contributed by atoms with van der Waals surface area (Å²) >= 11 is 0. The van der Waals surface area contributed by atoms with E-state index >= 15 is 0 Å². The van der Waals surface area contributed by atoms with E-state index in [0.29, 0.717) is 23.9 Å². The van der Waals surface area contributed by atoms with E-state index in [1.807, 2.05) is 6.92 Å². The molecule has 1 N–H and O–H groups in total. The quantitative estimate of drug-likeness (QED) is 0.653. The van der Waals surface area contributed by atoms with Gasteiger partial charge in [-0.15, -0.1) is 0 Å². The Labute approximate surface area is 143 Å². The summed E-state index contributed by atoms with van der Waals surface area (Å²) in [5.41, 5.74) is -1.93. The highest BCUT2D eigenvalue weighted by atomic mass is 16.6. The van der Waals surface area contributed by atoms with Crippen molar-refractivity contribution in [3.8, 4) is 0 Å². The lowest BCUT2D eigenvalue weighted by molar-refractivity contribution is -0.157. The van der Waals surface area contributed by atoms with Gasteiger partial charge in [0.25, 0.3) is 0 Å². The lowest BCUT2D eigenvalue weighted by Crippen LogP contribution is -2.43. The van der Waals surface area contributed by atoms with Crippen molar-refractivity contribution >= 4 is 22.8 Å². The number of H-pyrrole nitrogens is 1. The standard InChI is InChI=1S/C18H20N2O5/c1-3-6-11-9-18(2,25-17(11)24)14(21)10-20-13-8-5-4-7-12(13)19-15(22)16(20)23/h4-5,7-8,11H,3,6,9-10H2,1-2H3,(H,19,22). The van der Waals surface area contributed by atoms with E-state index in [1.54, 1.807) is 31.2 Å². The normalized spacial score (nSPS) is 23.0. The first-order valence-corrected chi connectivity index (χ1v) is 8.33. The lowest BCUT2D eigenvalue weighted by Gasteiger charge is -2.21. The number of rotatable bonds is 5. The van der Waals surface area contributed by atoms with Gasteiger partial charge in [0.1, 0.15) is 0 Å². The number of esters is 1. The second-order valence-electron chi connectivity index (χ2n) is 6.63. The van der Waals surface area contributed by atoms with Crippen LogP contribution < -0.4 is 11.1 Å². The van der Waals surface area contributed by atoms with Crippen LogP contribution in [0.15, 0.2) is 33.9 Å². The lowest BCUT2D eigenvalue weighted by atomic mass is 9.89. The minimum absolute atomic E-state index is 0.299. The van der Waals surface area contributed by atoms with Crippen LogP contribution in [-0.2, 0) is 20.9 Å². The predicted octanol–water partition coefficient (Wildman–Crippen LogP) is 1.38. The smallest absolute Gasteiger partial charge is 0.317 e. The van der Waals surface area contributed by atoms with E-state index in [9.17, 15) is 19.2 Å². The molecule has 132 valence electrons. The third kappa shape index (κ3) is 3.01. The molecule has 1 aromatic heterocycles. The molecule has 7 nitrogen and oxygen atoms in total. The number of nitrogens with one attached hydrogen (secondary N) is 1. The maximum absolute atomic E-state index is 12.8. The Morgan fingerprint density at radius 3 is 2.76 bits per heavy atom. The summed E-state index contributed by atoms with van der Waals surface area (Å²) in [6.45, 7) is 3.22. The Kier molecular flexibility index (Phi) is 4.32. The van der Waals surface area contributed by atoms with Crippen molar-refractivity contribution in [3.05, 3.63) is 45.0 Å². The summed E-state index contributed by atoms with van der Waals surface area (Å²) < 4.78 is 6.48. The number of aromatic amines is 1. The van der Waals surface area contributed by atoms with Crippen LogP contribution >= 0.6 is 0 Å². The first kappa shape index (κ1) is 17.1. The second kappa shape index (κ2) is 6.31. The SMILES string of the molecule is CCCC1CC(C)(C(=O)Cn2c(=O)c(=O)[nH]c3ccccc32)OC1=O.